The van der Waals surface area contributed by atoms with Crippen molar-refractivity contribution in [3.63, 3.8) is 0 Å². The van der Waals surface area contributed by atoms with Crippen LogP contribution in [0.25, 0.3) is 0 Å². The first kappa shape index (κ1) is 25.1. The van der Waals surface area contributed by atoms with E-state index in [1.54, 1.807) is 6.08 Å². The van der Waals surface area contributed by atoms with Crippen molar-refractivity contribution >= 4 is 23.4 Å². The Hall–Kier alpha value is -2.86. The number of nitrogens with one attached hydrogen (secondary N) is 2. The first-order valence-corrected chi connectivity index (χ1v) is 8.81. The summed E-state index contributed by atoms with van der Waals surface area (Å²) >= 11 is 5.21. The van der Waals surface area contributed by atoms with Crippen LogP contribution in [-0.4, -0.2) is 25.0 Å². The maximum atomic E-state index is 13.0. The average Bonchev–Trinajstić information content (AvgIpc) is 2.67. The van der Waals surface area contributed by atoms with Gasteiger partial charge in [-0.05, 0) is 25.0 Å². The third-order valence-corrected chi connectivity index (χ3v) is 3.40. The number of halogens is 2. The lowest BCUT2D eigenvalue weighted by molar-refractivity contribution is -0.124. The Morgan fingerprint density at radius 2 is 1.79 bits per heavy atom. The van der Waals surface area contributed by atoms with Gasteiger partial charge in [0.25, 0.3) is 5.91 Å². The minimum atomic E-state index is -0.731. The van der Waals surface area contributed by atoms with Gasteiger partial charge in [0, 0.05) is 30.3 Å². The summed E-state index contributed by atoms with van der Waals surface area (Å²) < 4.78 is 18.1. The number of allylic oxidation sites excluding steroid dienone is 6. The van der Waals surface area contributed by atoms with Crippen molar-refractivity contribution in [1.82, 2.24) is 10.6 Å². The molecule has 0 unspecified atom stereocenters. The van der Waals surface area contributed by atoms with E-state index in [9.17, 15) is 14.0 Å². The average molecular weight is 409 g/mol. The molecule has 0 aromatic rings. The van der Waals surface area contributed by atoms with Crippen molar-refractivity contribution in [2.75, 3.05) is 13.2 Å². The lowest BCUT2D eigenvalue weighted by atomic mass is 10.2. The van der Waals surface area contributed by atoms with E-state index < -0.39 is 11.7 Å². The van der Waals surface area contributed by atoms with E-state index in [0.717, 1.165) is 22.8 Å². The fourth-order valence-corrected chi connectivity index (χ4v) is 1.83. The fourth-order valence-electron chi connectivity index (χ4n) is 1.77. The van der Waals surface area contributed by atoms with Crippen LogP contribution in [0.1, 0.15) is 19.8 Å². The van der Waals surface area contributed by atoms with Crippen LogP contribution in [0.4, 0.5) is 4.39 Å². The topological polar surface area (TPSA) is 67.4 Å². The van der Waals surface area contributed by atoms with Gasteiger partial charge in [-0.1, -0.05) is 55.6 Å². The number of rotatable bonds is 13. The number of hydrogen-bond acceptors (Lipinski definition) is 3. The highest BCUT2D eigenvalue weighted by atomic mass is 35.5. The quantitative estimate of drug-likeness (QED) is 0.352. The number of hydrogen-bond donors (Lipinski definition) is 2. The first-order chi connectivity index (χ1) is 13.2. The van der Waals surface area contributed by atoms with Crippen molar-refractivity contribution in [3.05, 3.63) is 84.6 Å². The molecule has 0 heterocycles. The molecular weight excluding hydrogens is 383 g/mol. The van der Waals surface area contributed by atoms with E-state index in [1.165, 1.54) is 6.08 Å². The van der Waals surface area contributed by atoms with Gasteiger partial charge in [-0.25, -0.2) is 4.39 Å². The highest BCUT2D eigenvalue weighted by Crippen LogP contribution is 2.08. The number of carbonyl (C=O) groups excluding carboxylic acids is 2. The van der Waals surface area contributed by atoms with Crippen LogP contribution in [0.3, 0.4) is 0 Å². The summed E-state index contributed by atoms with van der Waals surface area (Å²) in [5, 5.41) is 5.23. The second kappa shape index (κ2) is 14.2. The molecule has 5 nitrogen and oxygen atoms in total. The molecule has 0 aliphatic carbocycles. The molecule has 0 aliphatic heterocycles. The normalized spacial score (nSPS) is 12.0. The second-order valence-electron chi connectivity index (χ2n) is 5.71. The van der Waals surface area contributed by atoms with E-state index in [-0.39, 0.29) is 31.1 Å². The van der Waals surface area contributed by atoms with Crippen LogP contribution in [0.5, 0.6) is 0 Å². The van der Waals surface area contributed by atoms with Gasteiger partial charge in [0.2, 0.25) is 5.91 Å². The minimum Gasteiger partial charge on any atom is -0.484 e. The molecule has 7 heteroatoms. The first-order valence-electron chi connectivity index (χ1n) is 8.37. The molecule has 2 amide bonds. The Balaban J connectivity index is 4.23. The van der Waals surface area contributed by atoms with E-state index in [1.807, 2.05) is 13.0 Å². The van der Waals surface area contributed by atoms with Gasteiger partial charge in [0.05, 0.1) is 0 Å². The summed E-state index contributed by atoms with van der Waals surface area (Å²) in [6.07, 6.45) is 6.17. The molecule has 0 aromatic heterocycles. The Bertz CT molecular complexity index is 721. The predicted octanol–water partition coefficient (Wildman–Crippen LogP) is 4.34. The number of amides is 2. The molecule has 0 saturated carbocycles. The molecular formula is C21H26ClFN2O3. The number of carbonyl (C=O) groups is 2. The largest absolute Gasteiger partial charge is 0.484 e. The molecule has 0 aromatic carbocycles. The van der Waals surface area contributed by atoms with Crippen molar-refractivity contribution < 1.29 is 18.7 Å². The summed E-state index contributed by atoms with van der Waals surface area (Å²) in [4.78, 5) is 23.6. The standard InChI is InChI=1S/C21H26ClFN2O3/c1-6-15(3)10-16(4)13-24-20(26)9-8-17(5)25-21(27)14-28-19(7-2)11-18(23)12-22/h6-7,10-12H,1-2,4-5,8-9,13-14H2,3H3,(H,24,26)(H,25,27)/b15-10-,18-12-,19-11+. The second-order valence-corrected chi connectivity index (χ2v) is 5.93. The Morgan fingerprint density at radius 3 is 2.36 bits per heavy atom. The van der Waals surface area contributed by atoms with Gasteiger partial charge in [0.15, 0.2) is 6.61 Å². The lowest BCUT2D eigenvalue weighted by Crippen LogP contribution is -2.28. The van der Waals surface area contributed by atoms with Crippen LogP contribution in [-0.2, 0) is 14.3 Å². The summed E-state index contributed by atoms with van der Waals surface area (Å²) in [5.74, 6) is -1.37. The summed E-state index contributed by atoms with van der Waals surface area (Å²) in [6, 6.07) is 0. The third kappa shape index (κ3) is 12.5. The Morgan fingerprint density at radius 1 is 1.11 bits per heavy atom. The van der Waals surface area contributed by atoms with Gasteiger partial charge in [-0.3, -0.25) is 9.59 Å². The maximum absolute atomic E-state index is 13.0. The molecule has 152 valence electrons. The maximum Gasteiger partial charge on any atom is 0.262 e. The molecule has 0 spiro atoms. The van der Waals surface area contributed by atoms with Gasteiger partial charge in [0.1, 0.15) is 11.6 Å². The Labute approximate surface area is 170 Å². The third-order valence-electron chi connectivity index (χ3n) is 3.19. The van der Waals surface area contributed by atoms with Crippen molar-refractivity contribution in [1.29, 1.82) is 0 Å². The zero-order chi connectivity index (χ0) is 21.5. The summed E-state index contributed by atoms with van der Waals surface area (Å²) in [5.41, 5.74) is 2.79. The van der Waals surface area contributed by atoms with Crippen LogP contribution >= 0.6 is 11.6 Å². The summed E-state index contributed by atoms with van der Waals surface area (Å²) in [6.45, 7) is 16.5. The SMILES string of the molecule is C=C/C(C)=C\C(=C)CNC(=O)CCC(=C)NC(=O)CO/C(C=C)=C/C(F)=C/Cl. The van der Waals surface area contributed by atoms with E-state index in [2.05, 4.69) is 36.9 Å². The zero-order valence-corrected chi connectivity index (χ0v) is 16.8. The van der Waals surface area contributed by atoms with E-state index in [4.69, 9.17) is 16.3 Å². The van der Waals surface area contributed by atoms with Crippen molar-refractivity contribution in [2.24, 2.45) is 0 Å². The highest BCUT2D eigenvalue weighted by molar-refractivity contribution is 6.25. The molecule has 2 N–H and O–H groups in total. The van der Waals surface area contributed by atoms with Gasteiger partial charge in [-0.15, -0.1) is 0 Å². The Kier molecular flexibility index (Phi) is 12.8. The summed E-state index contributed by atoms with van der Waals surface area (Å²) in [7, 11) is 0. The molecule has 28 heavy (non-hydrogen) atoms. The number of ether oxygens (including phenoxy) is 1. The van der Waals surface area contributed by atoms with Crippen LogP contribution in [0, 0.1) is 0 Å². The van der Waals surface area contributed by atoms with Crippen LogP contribution < -0.4 is 10.6 Å². The lowest BCUT2D eigenvalue weighted by Gasteiger charge is -2.10. The minimum absolute atomic E-state index is 0.0514. The molecule has 0 saturated heterocycles. The predicted molar refractivity (Wildman–Crippen MR) is 112 cm³/mol. The van der Waals surface area contributed by atoms with Crippen LogP contribution in [0.2, 0.25) is 0 Å². The van der Waals surface area contributed by atoms with E-state index in [0.29, 0.717) is 12.2 Å². The van der Waals surface area contributed by atoms with Crippen molar-refractivity contribution in [3.8, 4) is 0 Å². The molecule has 0 bridgehead atoms. The van der Waals surface area contributed by atoms with E-state index >= 15 is 0 Å². The highest BCUT2D eigenvalue weighted by Gasteiger charge is 2.08. The monoisotopic (exact) mass is 408 g/mol. The molecule has 0 aliphatic rings. The molecule has 0 radical (unpaired) electrons. The van der Waals surface area contributed by atoms with Crippen LogP contribution in [0.15, 0.2) is 84.6 Å². The molecule has 0 atom stereocenters. The van der Waals surface area contributed by atoms with Gasteiger partial charge >= 0.3 is 0 Å². The van der Waals surface area contributed by atoms with Crippen molar-refractivity contribution in [2.45, 2.75) is 19.8 Å². The smallest absolute Gasteiger partial charge is 0.262 e. The van der Waals surface area contributed by atoms with Gasteiger partial charge in [-0.2, -0.15) is 0 Å². The fraction of sp³-hybridized carbons (Fsp3) is 0.238. The molecule has 0 rings (SSSR count). The van der Waals surface area contributed by atoms with Gasteiger partial charge < -0.3 is 15.4 Å². The zero-order valence-electron chi connectivity index (χ0n) is 16.0. The molecule has 0 fully saturated rings.